The Bertz CT molecular complexity index is 1240. The van der Waals surface area contributed by atoms with E-state index in [4.69, 9.17) is 36.8 Å². The molecule has 0 saturated carbocycles. The number of halogens is 2. The summed E-state index contributed by atoms with van der Waals surface area (Å²) >= 11 is 12.0. The molecule has 0 bridgehead atoms. The Morgan fingerprint density at radius 3 is 2.48 bits per heavy atom. The van der Waals surface area contributed by atoms with E-state index in [0.717, 1.165) is 0 Å². The fourth-order valence-electron chi connectivity index (χ4n) is 3.04. The van der Waals surface area contributed by atoms with E-state index < -0.39 is 5.91 Å². The quantitative estimate of drug-likeness (QED) is 0.356. The lowest BCUT2D eigenvalue weighted by Gasteiger charge is -2.10. The van der Waals surface area contributed by atoms with Gasteiger partial charge in [0.2, 0.25) is 0 Å². The van der Waals surface area contributed by atoms with Crippen molar-refractivity contribution >= 4 is 34.8 Å². The Labute approximate surface area is 188 Å². The minimum atomic E-state index is -0.415. The van der Waals surface area contributed by atoms with Gasteiger partial charge in [-0.25, -0.2) is 0 Å². The number of amides is 1. The first-order valence-electron chi connectivity index (χ1n) is 9.23. The van der Waals surface area contributed by atoms with Crippen molar-refractivity contribution in [3.63, 3.8) is 0 Å². The molecule has 2 heterocycles. The SMILES string of the molecule is COc1cc(NC(=O)c2ccc(-c3ccc(Cl)c(Cl)c3)o2)ccc1-c1ccc(CO)o1. The number of rotatable bonds is 6. The molecule has 0 saturated heterocycles. The lowest BCUT2D eigenvalue weighted by Crippen LogP contribution is -2.10. The van der Waals surface area contributed by atoms with Crippen LogP contribution in [0.4, 0.5) is 5.69 Å². The molecule has 6 nitrogen and oxygen atoms in total. The number of aliphatic hydroxyl groups is 1. The van der Waals surface area contributed by atoms with Gasteiger partial charge in [-0.15, -0.1) is 0 Å². The first-order valence-corrected chi connectivity index (χ1v) is 9.98. The number of methoxy groups -OCH3 is 1. The summed E-state index contributed by atoms with van der Waals surface area (Å²) in [4.78, 5) is 12.6. The highest BCUT2D eigenvalue weighted by molar-refractivity contribution is 6.42. The van der Waals surface area contributed by atoms with Crippen LogP contribution in [0.25, 0.3) is 22.6 Å². The molecule has 31 heavy (non-hydrogen) atoms. The fourth-order valence-corrected chi connectivity index (χ4v) is 3.34. The van der Waals surface area contributed by atoms with Crippen LogP contribution in [0, 0.1) is 0 Å². The molecule has 0 fully saturated rings. The maximum absolute atomic E-state index is 12.6. The largest absolute Gasteiger partial charge is 0.496 e. The molecule has 8 heteroatoms. The highest BCUT2D eigenvalue weighted by Gasteiger charge is 2.16. The van der Waals surface area contributed by atoms with Crippen molar-refractivity contribution in [3.8, 4) is 28.4 Å². The second-order valence-electron chi connectivity index (χ2n) is 6.59. The molecule has 158 valence electrons. The second-order valence-corrected chi connectivity index (χ2v) is 7.40. The average Bonchev–Trinajstić information content (AvgIpc) is 3.45. The lowest BCUT2D eigenvalue weighted by atomic mass is 10.1. The Kier molecular flexibility index (Phi) is 6.04. The molecule has 0 aliphatic carbocycles. The molecule has 0 atom stereocenters. The number of carbonyl (C=O) groups excluding carboxylic acids is 1. The van der Waals surface area contributed by atoms with E-state index in [9.17, 15) is 9.90 Å². The van der Waals surface area contributed by atoms with Crippen molar-refractivity contribution in [2.75, 3.05) is 12.4 Å². The van der Waals surface area contributed by atoms with E-state index in [0.29, 0.717) is 49.9 Å². The van der Waals surface area contributed by atoms with Gasteiger partial charge in [-0.3, -0.25) is 4.79 Å². The van der Waals surface area contributed by atoms with Crippen LogP contribution in [-0.4, -0.2) is 18.1 Å². The van der Waals surface area contributed by atoms with Crippen LogP contribution in [0.15, 0.2) is 69.5 Å². The minimum Gasteiger partial charge on any atom is -0.496 e. The van der Waals surface area contributed by atoms with E-state index in [1.54, 1.807) is 60.7 Å². The minimum absolute atomic E-state index is 0.141. The first kappa shape index (κ1) is 21.1. The Morgan fingerprint density at radius 1 is 0.968 bits per heavy atom. The van der Waals surface area contributed by atoms with Gasteiger partial charge < -0.3 is 24.0 Å². The molecule has 2 aromatic carbocycles. The van der Waals surface area contributed by atoms with Crippen molar-refractivity contribution in [3.05, 3.63) is 82.2 Å². The third kappa shape index (κ3) is 4.46. The topological polar surface area (TPSA) is 84.8 Å². The number of aliphatic hydroxyl groups excluding tert-OH is 1. The molecule has 4 rings (SSSR count). The summed E-state index contributed by atoms with van der Waals surface area (Å²) in [6, 6.07) is 17.0. The van der Waals surface area contributed by atoms with Gasteiger partial charge in [-0.05, 0) is 54.6 Å². The zero-order valence-electron chi connectivity index (χ0n) is 16.3. The van der Waals surface area contributed by atoms with E-state index in [-0.39, 0.29) is 12.4 Å². The van der Waals surface area contributed by atoms with Crippen molar-refractivity contribution in [1.29, 1.82) is 0 Å². The summed E-state index contributed by atoms with van der Waals surface area (Å²) in [5, 5.41) is 12.8. The van der Waals surface area contributed by atoms with Gasteiger partial charge in [-0.2, -0.15) is 0 Å². The predicted molar refractivity (Wildman–Crippen MR) is 119 cm³/mol. The molecule has 0 unspecified atom stereocenters. The summed E-state index contributed by atoms with van der Waals surface area (Å²) in [6.07, 6.45) is 0. The van der Waals surface area contributed by atoms with Crippen LogP contribution in [0.1, 0.15) is 16.3 Å². The van der Waals surface area contributed by atoms with Gasteiger partial charge in [0.05, 0.1) is 22.7 Å². The normalized spacial score (nSPS) is 10.8. The van der Waals surface area contributed by atoms with Crippen LogP contribution >= 0.6 is 23.2 Å². The molecule has 2 N–H and O–H groups in total. The van der Waals surface area contributed by atoms with Crippen LogP contribution < -0.4 is 10.1 Å². The highest BCUT2D eigenvalue weighted by atomic mass is 35.5. The smallest absolute Gasteiger partial charge is 0.291 e. The van der Waals surface area contributed by atoms with Crippen molar-refractivity contribution in [2.24, 2.45) is 0 Å². The third-order valence-corrected chi connectivity index (χ3v) is 5.32. The van der Waals surface area contributed by atoms with Crippen LogP contribution in [0.5, 0.6) is 5.75 Å². The lowest BCUT2D eigenvalue weighted by molar-refractivity contribution is 0.0997. The maximum atomic E-state index is 12.6. The standard InChI is InChI=1S/C23H17Cl2NO5/c1-29-22-11-14(3-5-16(22)20-7-4-15(12-27)30-20)26-23(28)21-9-8-19(31-21)13-2-6-17(24)18(25)10-13/h2-11,27H,12H2,1H3,(H,26,28). The molecular formula is C23H17Cl2NO5. The van der Waals surface area contributed by atoms with Crippen LogP contribution in [0.3, 0.4) is 0 Å². The van der Waals surface area contributed by atoms with Crippen LogP contribution in [-0.2, 0) is 6.61 Å². The molecule has 4 aromatic rings. The summed E-state index contributed by atoms with van der Waals surface area (Å²) in [5.74, 6) is 1.73. The second kappa shape index (κ2) is 8.89. The van der Waals surface area contributed by atoms with Crippen LogP contribution in [0.2, 0.25) is 10.0 Å². The van der Waals surface area contributed by atoms with E-state index >= 15 is 0 Å². The Morgan fingerprint density at radius 2 is 1.77 bits per heavy atom. The number of hydrogen-bond acceptors (Lipinski definition) is 5. The van der Waals surface area contributed by atoms with E-state index in [2.05, 4.69) is 5.32 Å². The first-order chi connectivity index (χ1) is 15.0. The van der Waals surface area contributed by atoms with Crippen molar-refractivity contribution in [1.82, 2.24) is 0 Å². The van der Waals surface area contributed by atoms with Gasteiger partial charge in [0.15, 0.2) is 5.76 Å². The van der Waals surface area contributed by atoms with Gasteiger partial charge in [0.25, 0.3) is 5.91 Å². The number of hydrogen-bond donors (Lipinski definition) is 2. The summed E-state index contributed by atoms with van der Waals surface area (Å²) in [7, 11) is 1.52. The molecule has 0 aliphatic heterocycles. The zero-order chi connectivity index (χ0) is 22.0. The van der Waals surface area contributed by atoms with Gasteiger partial charge in [0.1, 0.15) is 29.6 Å². The Hall–Kier alpha value is -3.19. The predicted octanol–water partition coefficient (Wildman–Crippen LogP) is 6.27. The molecule has 2 aromatic heterocycles. The van der Waals surface area contributed by atoms with Gasteiger partial charge in [-0.1, -0.05) is 23.2 Å². The average molecular weight is 458 g/mol. The van der Waals surface area contributed by atoms with E-state index in [1.165, 1.54) is 7.11 Å². The van der Waals surface area contributed by atoms with Crippen molar-refractivity contribution in [2.45, 2.75) is 6.61 Å². The third-order valence-electron chi connectivity index (χ3n) is 4.58. The van der Waals surface area contributed by atoms with Gasteiger partial charge in [0, 0.05) is 17.3 Å². The summed E-state index contributed by atoms with van der Waals surface area (Å²) in [6.45, 7) is -0.191. The van der Waals surface area contributed by atoms with Crippen molar-refractivity contribution < 1.29 is 23.5 Å². The monoisotopic (exact) mass is 457 g/mol. The van der Waals surface area contributed by atoms with Gasteiger partial charge >= 0.3 is 0 Å². The highest BCUT2D eigenvalue weighted by Crippen LogP contribution is 2.34. The molecular weight excluding hydrogens is 441 g/mol. The molecule has 0 spiro atoms. The maximum Gasteiger partial charge on any atom is 0.291 e. The number of benzene rings is 2. The number of anilines is 1. The zero-order valence-corrected chi connectivity index (χ0v) is 17.8. The number of nitrogens with one attached hydrogen (secondary N) is 1. The molecule has 0 radical (unpaired) electrons. The number of furan rings is 2. The number of carbonyl (C=O) groups is 1. The fraction of sp³-hybridized carbons (Fsp3) is 0.0870. The number of ether oxygens (including phenoxy) is 1. The summed E-state index contributed by atoms with van der Waals surface area (Å²) in [5.41, 5.74) is 1.92. The molecule has 0 aliphatic rings. The summed E-state index contributed by atoms with van der Waals surface area (Å²) < 4.78 is 16.7. The Balaban J connectivity index is 1.53. The van der Waals surface area contributed by atoms with E-state index in [1.807, 2.05) is 0 Å². The molecule has 1 amide bonds.